The van der Waals surface area contributed by atoms with Crippen LogP contribution < -0.4 is 5.56 Å². The van der Waals surface area contributed by atoms with Gasteiger partial charge in [-0.2, -0.15) is 4.98 Å². The number of fused-ring (bicyclic) bond motifs is 3. The van der Waals surface area contributed by atoms with Crippen molar-refractivity contribution < 1.29 is 9.26 Å². The number of aromatic nitrogens is 5. The number of benzene rings is 1. The van der Waals surface area contributed by atoms with Crippen LogP contribution in [0.1, 0.15) is 51.4 Å². The maximum absolute atomic E-state index is 13.5. The van der Waals surface area contributed by atoms with Crippen molar-refractivity contribution in [3.63, 3.8) is 0 Å². The van der Waals surface area contributed by atoms with Gasteiger partial charge in [-0.3, -0.25) is 9.20 Å². The SMILES string of the molecule is COC1(c2noc(-c3ncn4c3c(=O)n(C(C)C)c3c(Cl)cccc34)n2)CCCC1. The summed E-state index contributed by atoms with van der Waals surface area (Å²) in [5.74, 6) is 0.719. The number of ether oxygens (including phenoxy) is 1. The Hall–Kier alpha value is -2.71. The zero-order valence-electron chi connectivity index (χ0n) is 17.1. The van der Waals surface area contributed by atoms with Gasteiger partial charge in [0.1, 0.15) is 17.4 Å². The van der Waals surface area contributed by atoms with Gasteiger partial charge in [0.05, 0.1) is 16.1 Å². The molecule has 0 atom stereocenters. The fourth-order valence-corrected chi connectivity index (χ4v) is 4.77. The highest BCUT2D eigenvalue weighted by Gasteiger charge is 2.40. The van der Waals surface area contributed by atoms with Crippen molar-refractivity contribution in [2.24, 2.45) is 0 Å². The summed E-state index contributed by atoms with van der Waals surface area (Å²) in [6.45, 7) is 3.90. The summed E-state index contributed by atoms with van der Waals surface area (Å²) in [5.41, 5.74) is 1.46. The van der Waals surface area contributed by atoms with E-state index < -0.39 is 5.60 Å². The van der Waals surface area contributed by atoms with Gasteiger partial charge >= 0.3 is 0 Å². The molecule has 156 valence electrons. The summed E-state index contributed by atoms with van der Waals surface area (Å²) in [6.07, 6.45) is 5.39. The third kappa shape index (κ3) is 2.63. The molecule has 4 aromatic rings. The fourth-order valence-electron chi connectivity index (χ4n) is 4.51. The van der Waals surface area contributed by atoms with Gasteiger partial charge < -0.3 is 13.8 Å². The molecule has 30 heavy (non-hydrogen) atoms. The Kier molecular flexibility index (Phi) is 4.44. The van der Waals surface area contributed by atoms with Gasteiger partial charge in [-0.1, -0.05) is 22.8 Å². The van der Waals surface area contributed by atoms with Crippen molar-refractivity contribution in [2.45, 2.75) is 51.2 Å². The minimum Gasteiger partial charge on any atom is -0.370 e. The Bertz CT molecular complexity index is 1310. The summed E-state index contributed by atoms with van der Waals surface area (Å²) in [4.78, 5) is 22.6. The fraction of sp³-hybridized carbons (Fsp3) is 0.429. The first-order chi connectivity index (χ1) is 14.5. The lowest BCUT2D eigenvalue weighted by molar-refractivity contribution is -0.0178. The van der Waals surface area contributed by atoms with E-state index in [2.05, 4.69) is 15.1 Å². The molecule has 0 aliphatic heterocycles. The van der Waals surface area contributed by atoms with Crippen LogP contribution in [0.15, 0.2) is 33.8 Å². The molecule has 0 radical (unpaired) electrons. The molecule has 0 bridgehead atoms. The average molecular weight is 428 g/mol. The van der Waals surface area contributed by atoms with E-state index in [1.165, 1.54) is 0 Å². The monoisotopic (exact) mass is 427 g/mol. The van der Waals surface area contributed by atoms with E-state index in [0.717, 1.165) is 31.2 Å². The predicted molar refractivity (Wildman–Crippen MR) is 113 cm³/mol. The molecule has 0 saturated heterocycles. The molecule has 1 aliphatic rings. The summed E-state index contributed by atoms with van der Waals surface area (Å²) >= 11 is 6.46. The first-order valence-corrected chi connectivity index (χ1v) is 10.4. The molecule has 0 N–H and O–H groups in total. The van der Waals surface area contributed by atoms with Gasteiger partial charge in [-0.05, 0) is 51.7 Å². The second kappa shape index (κ2) is 6.92. The molecule has 0 spiro atoms. The normalized spacial score (nSPS) is 16.3. The van der Waals surface area contributed by atoms with Gasteiger partial charge in [0, 0.05) is 13.2 Å². The van der Waals surface area contributed by atoms with Crippen molar-refractivity contribution in [3.8, 4) is 11.6 Å². The van der Waals surface area contributed by atoms with E-state index in [1.54, 1.807) is 28.5 Å². The third-order valence-corrected chi connectivity index (χ3v) is 6.31. The Labute approximate surface area is 177 Å². The molecule has 0 unspecified atom stereocenters. The predicted octanol–water partition coefficient (Wildman–Crippen LogP) is 4.35. The van der Waals surface area contributed by atoms with Crippen LogP contribution in [-0.2, 0) is 10.3 Å². The standard InChI is InChI=1S/C21H22ClN5O3/c1-12(2)27-16-13(22)7-6-8-14(16)26-11-23-15(17(26)19(27)28)18-24-20(25-30-18)21(29-3)9-4-5-10-21/h6-8,11-12H,4-5,9-10H2,1-3H3. The molecule has 1 saturated carbocycles. The number of methoxy groups -OCH3 is 1. The zero-order valence-corrected chi connectivity index (χ0v) is 17.8. The minimum absolute atomic E-state index is 0.0962. The molecule has 1 aliphatic carbocycles. The van der Waals surface area contributed by atoms with Crippen LogP contribution >= 0.6 is 11.6 Å². The summed E-state index contributed by atoms with van der Waals surface area (Å²) in [5, 5.41) is 4.69. The molecule has 1 aromatic carbocycles. The Morgan fingerprint density at radius 1 is 1.23 bits per heavy atom. The lowest BCUT2D eigenvalue weighted by Gasteiger charge is -2.22. The van der Waals surface area contributed by atoms with Crippen LogP contribution in [0.25, 0.3) is 28.1 Å². The summed E-state index contributed by atoms with van der Waals surface area (Å²) < 4.78 is 14.7. The molecular formula is C21H22ClN5O3. The number of hydrogen-bond acceptors (Lipinski definition) is 6. The number of hydrogen-bond donors (Lipinski definition) is 0. The highest BCUT2D eigenvalue weighted by atomic mass is 35.5. The Morgan fingerprint density at radius 2 is 2.00 bits per heavy atom. The van der Waals surface area contributed by atoms with Crippen LogP contribution in [0, 0.1) is 0 Å². The van der Waals surface area contributed by atoms with Crippen LogP contribution in [-0.4, -0.2) is 31.2 Å². The first-order valence-electron chi connectivity index (χ1n) is 10.1. The van der Waals surface area contributed by atoms with Crippen LogP contribution in [0.4, 0.5) is 0 Å². The number of para-hydroxylation sites is 1. The topological polar surface area (TPSA) is 87.5 Å². The molecule has 5 rings (SSSR count). The first kappa shape index (κ1) is 19.3. The third-order valence-electron chi connectivity index (χ3n) is 6.01. The number of nitrogens with zero attached hydrogens (tertiary/aromatic N) is 5. The number of rotatable bonds is 4. The van der Waals surface area contributed by atoms with E-state index >= 15 is 0 Å². The van der Waals surface area contributed by atoms with E-state index in [9.17, 15) is 4.79 Å². The largest absolute Gasteiger partial charge is 0.370 e. The minimum atomic E-state index is -0.532. The number of halogens is 1. The smallest absolute Gasteiger partial charge is 0.279 e. The van der Waals surface area contributed by atoms with Gasteiger partial charge in [0.15, 0.2) is 5.69 Å². The summed E-state index contributed by atoms with van der Waals surface area (Å²) in [6, 6.07) is 5.45. The molecule has 0 amide bonds. The van der Waals surface area contributed by atoms with Crippen LogP contribution in [0.2, 0.25) is 5.02 Å². The maximum Gasteiger partial charge on any atom is 0.279 e. The molecule has 3 heterocycles. The maximum atomic E-state index is 13.5. The van der Waals surface area contributed by atoms with Crippen molar-refractivity contribution >= 4 is 28.2 Å². The molecule has 1 fully saturated rings. The summed E-state index contributed by atoms with van der Waals surface area (Å²) in [7, 11) is 1.67. The Morgan fingerprint density at radius 3 is 2.70 bits per heavy atom. The van der Waals surface area contributed by atoms with Gasteiger partial charge in [-0.15, -0.1) is 0 Å². The van der Waals surface area contributed by atoms with Gasteiger partial charge in [0.2, 0.25) is 5.82 Å². The van der Waals surface area contributed by atoms with Gasteiger partial charge in [-0.25, -0.2) is 4.98 Å². The second-order valence-electron chi connectivity index (χ2n) is 8.02. The van der Waals surface area contributed by atoms with Crippen LogP contribution in [0.5, 0.6) is 0 Å². The Balaban J connectivity index is 1.77. The molecular weight excluding hydrogens is 406 g/mol. The van der Waals surface area contributed by atoms with Crippen molar-refractivity contribution in [3.05, 3.63) is 45.7 Å². The quantitative estimate of drug-likeness (QED) is 0.481. The van der Waals surface area contributed by atoms with Crippen LogP contribution in [0.3, 0.4) is 0 Å². The average Bonchev–Trinajstić information content (AvgIpc) is 3.47. The molecule has 8 nitrogen and oxygen atoms in total. The van der Waals surface area contributed by atoms with E-state index in [0.29, 0.717) is 27.6 Å². The van der Waals surface area contributed by atoms with E-state index in [1.807, 2.05) is 26.0 Å². The molecule has 3 aromatic heterocycles. The lowest BCUT2D eigenvalue weighted by Crippen LogP contribution is -2.26. The highest BCUT2D eigenvalue weighted by Crippen LogP contribution is 2.41. The van der Waals surface area contributed by atoms with Gasteiger partial charge in [0.25, 0.3) is 11.4 Å². The zero-order chi connectivity index (χ0) is 21.0. The number of imidazole rings is 1. The van der Waals surface area contributed by atoms with Crippen molar-refractivity contribution in [1.82, 2.24) is 24.1 Å². The van der Waals surface area contributed by atoms with Crippen molar-refractivity contribution in [2.75, 3.05) is 7.11 Å². The second-order valence-corrected chi connectivity index (χ2v) is 8.42. The van der Waals surface area contributed by atoms with Crippen molar-refractivity contribution in [1.29, 1.82) is 0 Å². The lowest BCUT2D eigenvalue weighted by atomic mass is 10.0. The molecule has 9 heteroatoms. The van der Waals surface area contributed by atoms with E-state index in [4.69, 9.17) is 20.9 Å². The highest BCUT2D eigenvalue weighted by molar-refractivity contribution is 6.35. The van der Waals surface area contributed by atoms with E-state index in [-0.39, 0.29) is 17.5 Å².